The third-order valence-corrected chi connectivity index (χ3v) is 5.32. The molecule has 134 valence electrons. The van der Waals surface area contributed by atoms with Crippen LogP contribution in [0.3, 0.4) is 0 Å². The smallest absolute Gasteiger partial charge is 0.270 e. The van der Waals surface area contributed by atoms with Gasteiger partial charge in [-0.25, -0.2) is 4.98 Å². The van der Waals surface area contributed by atoms with Crippen LogP contribution >= 0.6 is 11.3 Å². The summed E-state index contributed by atoms with van der Waals surface area (Å²) in [6, 6.07) is 12.3. The average molecular weight is 377 g/mol. The molecule has 0 unspecified atom stereocenters. The van der Waals surface area contributed by atoms with Crippen LogP contribution in [0.25, 0.3) is 27.5 Å². The van der Waals surface area contributed by atoms with E-state index in [9.17, 15) is 14.9 Å². The van der Waals surface area contributed by atoms with Crippen molar-refractivity contribution >= 4 is 28.3 Å². The van der Waals surface area contributed by atoms with E-state index in [2.05, 4.69) is 11.1 Å². The molecule has 0 N–H and O–H groups in total. The SMILES string of the molecule is Cc1ccc(-c2csc3nc(-c4cccc([N+](=O)[O-])c4)c(C=O)n23)c(C)c1. The predicted octanol–water partition coefficient (Wildman–Crippen LogP) is 5.07. The highest BCUT2D eigenvalue weighted by atomic mass is 32.1. The summed E-state index contributed by atoms with van der Waals surface area (Å²) in [6.07, 6.45) is 0.758. The number of carbonyl (C=O) groups excluding carboxylic acids is 1. The summed E-state index contributed by atoms with van der Waals surface area (Å²) in [5, 5.41) is 13.1. The fourth-order valence-corrected chi connectivity index (χ4v) is 4.15. The Labute approximate surface area is 158 Å². The molecule has 0 saturated carbocycles. The van der Waals surface area contributed by atoms with Gasteiger partial charge in [-0.05, 0) is 19.4 Å². The summed E-state index contributed by atoms with van der Waals surface area (Å²) in [7, 11) is 0. The number of carbonyl (C=O) groups is 1. The van der Waals surface area contributed by atoms with Gasteiger partial charge in [0, 0.05) is 28.6 Å². The zero-order valence-electron chi connectivity index (χ0n) is 14.7. The Kier molecular flexibility index (Phi) is 4.08. The quantitative estimate of drug-likeness (QED) is 0.283. The lowest BCUT2D eigenvalue weighted by Crippen LogP contribution is -1.96. The van der Waals surface area contributed by atoms with Crippen LogP contribution in [0.2, 0.25) is 0 Å². The lowest BCUT2D eigenvalue weighted by molar-refractivity contribution is -0.384. The van der Waals surface area contributed by atoms with Crippen molar-refractivity contribution in [3.8, 4) is 22.5 Å². The van der Waals surface area contributed by atoms with Gasteiger partial charge < -0.3 is 0 Å². The molecule has 0 spiro atoms. The number of aldehydes is 1. The summed E-state index contributed by atoms with van der Waals surface area (Å²) in [5.74, 6) is 0. The Morgan fingerprint density at radius 1 is 1.19 bits per heavy atom. The molecule has 0 atom stereocenters. The number of nitro groups is 1. The van der Waals surface area contributed by atoms with Crippen molar-refractivity contribution in [3.63, 3.8) is 0 Å². The molecule has 2 heterocycles. The molecule has 7 heteroatoms. The number of imidazole rings is 1. The summed E-state index contributed by atoms with van der Waals surface area (Å²) in [5.41, 5.74) is 5.55. The summed E-state index contributed by atoms with van der Waals surface area (Å²) < 4.78 is 1.82. The zero-order valence-corrected chi connectivity index (χ0v) is 15.5. The number of hydrogen-bond donors (Lipinski definition) is 0. The second-order valence-electron chi connectivity index (χ2n) is 6.33. The lowest BCUT2D eigenvalue weighted by atomic mass is 10.0. The minimum absolute atomic E-state index is 0.0321. The molecule has 6 nitrogen and oxygen atoms in total. The molecular weight excluding hydrogens is 362 g/mol. The van der Waals surface area contributed by atoms with Gasteiger partial charge in [0.05, 0.1) is 10.6 Å². The first kappa shape index (κ1) is 17.1. The molecule has 2 aromatic carbocycles. The third-order valence-electron chi connectivity index (χ3n) is 4.50. The molecule has 0 radical (unpaired) electrons. The summed E-state index contributed by atoms with van der Waals surface area (Å²) in [6.45, 7) is 4.07. The van der Waals surface area contributed by atoms with Crippen molar-refractivity contribution in [2.24, 2.45) is 0 Å². The standard InChI is InChI=1S/C20H15N3O3S/c1-12-6-7-16(13(2)8-12)18-11-27-20-21-19(17(10-24)22(18)20)14-4-3-5-15(9-14)23(25)26/h3-11H,1-2H3. The normalized spacial score (nSPS) is 11.0. The second kappa shape index (κ2) is 6.44. The van der Waals surface area contributed by atoms with Crippen molar-refractivity contribution in [2.45, 2.75) is 13.8 Å². The van der Waals surface area contributed by atoms with Crippen molar-refractivity contribution in [3.05, 3.63) is 74.8 Å². The molecular formula is C20H15N3O3S. The highest BCUT2D eigenvalue weighted by molar-refractivity contribution is 7.15. The monoisotopic (exact) mass is 377 g/mol. The summed E-state index contributed by atoms with van der Waals surface area (Å²) in [4.78, 5) is 27.8. The van der Waals surface area contributed by atoms with E-state index < -0.39 is 4.92 Å². The maximum Gasteiger partial charge on any atom is 0.270 e. The van der Waals surface area contributed by atoms with Crippen molar-refractivity contribution < 1.29 is 9.72 Å². The van der Waals surface area contributed by atoms with Gasteiger partial charge in [0.25, 0.3) is 5.69 Å². The van der Waals surface area contributed by atoms with Crippen molar-refractivity contribution in [2.75, 3.05) is 0 Å². The number of nitro benzene ring substituents is 1. The number of hydrogen-bond acceptors (Lipinski definition) is 5. The number of aryl methyl sites for hydroxylation is 2. The molecule has 4 rings (SSSR count). The summed E-state index contributed by atoms with van der Waals surface area (Å²) >= 11 is 1.44. The fourth-order valence-electron chi connectivity index (χ4n) is 3.26. The Bertz CT molecular complexity index is 1210. The number of nitrogens with zero attached hydrogens (tertiary/aromatic N) is 3. The molecule has 0 fully saturated rings. The van der Waals surface area contributed by atoms with Crippen LogP contribution in [-0.4, -0.2) is 20.6 Å². The predicted molar refractivity (Wildman–Crippen MR) is 105 cm³/mol. The first-order valence-corrected chi connectivity index (χ1v) is 9.15. The Balaban J connectivity index is 1.95. The lowest BCUT2D eigenvalue weighted by Gasteiger charge is -2.07. The molecule has 0 aliphatic rings. The maximum atomic E-state index is 11.9. The molecule has 0 amide bonds. The number of fused-ring (bicyclic) bond motifs is 1. The van der Waals surface area contributed by atoms with Gasteiger partial charge in [-0.2, -0.15) is 0 Å². The van der Waals surface area contributed by atoms with E-state index in [0.29, 0.717) is 21.9 Å². The van der Waals surface area contributed by atoms with E-state index in [1.807, 2.05) is 35.8 Å². The molecule has 2 aromatic heterocycles. The first-order chi connectivity index (χ1) is 13.0. The van der Waals surface area contributed by atoms with Gasteiger partial charge in [-0.1, -0.05) is 35.9 Å². The molecule has 0 saturated heterocycles. The van der Waals surface area contributed by atoms with Gasteiger partial charge in [-0.3, -0.25) is 19.3 Å². The second-order valence-corrected chi connectivity index (χ2v) is 7.16. The molecule has 0 bridgehead atoms. The highest BCUT2D eigenvalue weighted by Gasteiger charge is 2.20. The van der Waals surface area contributed by atoms with E-state index in [4.69, 9.17) is 0 Å². The van der Waals surface area contributed by atoms with Crippen LogP contribution in [0.4, 0.5) is 5.69 Å². The number of aromatic nitrogens is 2. The largest absolute Gasteiger partial charge is 0.296 e. The minimum atomic E-state index is -0.455. The van der Waals surface area contributed by atoms with Gasteiger partial charge in [-0.15, -0.1) is 11.3 Å². The fraction of sp³-hybridized carbons (Fsp3) is 0.100. The molecule has 27 heavy (non-hydrogen) atoms. The van der Waals surface area contributed by atoms with Crippen LogP contribution in [0.1, 0.15) is 21.6 Å². The van der Waals surface area contributed by atoms with Crippen molar-refractivity contribution in [1.82, 2.24) is 9.38 Å². The van der Waals surface area contributed by atoms with Gasteiger partial charge in [0.2, 0.25) is 0 Å². The number of benzene rings is 2. The first-order valence-electron chi connectivity index (χ1n) is 8.27. The van der Waals surface area contributed by atoms with Crippen molar-refractivity contribution in [1.29, 1.82) is 0 Å². The van der Waals surface area contributed by atoms with E-state index >= 15 is 0 Å². The molecule has 4 aromatic rings. The minimum Gasteiger partial charge on any atom is -0.296 e. The van der Waals surface area contributed by atoms with Crippen LogP contribution < -0.4 is 0 Å². The average Bonchev–Trinajstić information content (AvgIpc) is 3.21. The van der Waals surface area contributed by atoms with Gasteiger partial charge in [0.1, 0.15) is 11.4 Å². The van der Waals surface area contributed by atoms with E-state index in [-0.39, 0.29) is 5.69 Å². The van der Waals surface area contributed by atoms with Crippen LogP contribution in [-0.2, 0) is 0 Å². The Morgan fingerprint density at radius 2 is 2.00 bits per heavy atom. The van der Waals surface area contributed by atoms with Gasteiger partial charge in [0.15, 0.2) is 11.2 Å². The van der Waals surface area contributed by atoms with Gasteiger partial charge >= 0.3 is 0 Å². The molecule has 0 aliphatic heterocycles. The Morgan fingerprint density at radius 3 is 2.70 bits per heavy atom. The third kappa shape index (κ3) is 2.82. The van der Waals surface area contributed by atoms with Crippen LogP contribution in [0.15, 0.2) is 47.8 Å². The number of rotatable bonds is 4. The van der Waals surface area contributed by atoms with E-state index in [1.165, 1.54) is 29.0 Å². The number of thiazole rings is 1. The van der Waals surface area contributed by atoms with Crippen LogP contribution in [0, 0.1) is 24.0 Å². The number of non-ortho nitro benzene ring substituents is 1. The van der Waals surface area contributed by atoms with Crippen LogP contribution in [0.5, 0.6) is 0 Å². The molecule has 0 aliphatic carbocycles. The zero-order chi connectivity index (χ0) is 19.1. The highest BCUT2D eigenvalue weighted by Crippen LogP contribution is 2.34. The Hall–Kier alpha value is -3.32. The van der Waals surface area contributed by atoms with E-state index in [1.54, 1.807) is 12.1 Å². The van der Waals surface area contributed by atoms with E-state index in [0.717, 1.165) is 23.1 Å². The maximum absolute atomic E-state index is 11.9. The topological polar surface area (TPSA) is 77.5 Å².